The number of benzene rings is 3. The molecule has 0 aliphatic rings. The number of esters is 1. The second kappa shape index (κ2) is 9.91. The van der Waals surface area contributed by atoms with Gasteiger partial charge in [-0.1, -0.05) is 54.6 Å². The number of rotatable bonds is 7. The molecule has 0 aliphatic carbocycles. The molecule has 3 aromatic carbocycles. The van der Waals surface area contributed by atoms with Gasteiger partial charge in [0, 0.05) is 12.0 Å². The number of allylic oxidation sites excluding steroid dienone is 1. The fourth-order valence-corrected chi connectivity index (χ4v) is 2.91. The number of nitriles is 1. The first-order valence-corrected chi connectivity index (χ1v) is 9.29. The summed E-state index contributed by atoms with van der Waals surface area (Å²) in [5, 5.41) is 9.54. The van der Waals surface area contributed by atoms with Crippen LogP contribution in [0.15, 0.2) is 78.9 Å². The van der Waals surface area contributed by atoms with Crippen LogP contribution in [0.5, 0.6) is 11.5 Å². The summed E-state index contributed by atoms with van der Waals surface area (Å²) in [6.45, 7) is 0. The van der Waals surface area contributed by atoms with E-state index < -0.39 is 0 Å². The summed E-state index contributed by atoms with van der Waals surface area (Å²) in [7, 11) is 1.58. The largest absolute Gasteiger partial charge is 0.496 e. The third kappa shape index (κ3) is 5.57. The van der Waals surface area contributed by atoms with Crippen molar-refractivity contribution in [3.05, 3.63) is 95.6 Å². The third-order valence-corrected chi connectivity index (χ3v) is 4.40. The normalized spacial score (nSPS) is 10.8. The molecule has 0 N–H and O–H groups in total. The highest BCUT2D eigenvalue weighted by atomic mass is 16.5. The van der Waals surface area contributed by atoms with E-state index in [-0.39, 0.29) is 5.97 Å². The first kappa shape index (κ1) is 19.9. The second-order valence-electron chi connectivity index (χ2n) is 6.40. The minimum absolute atomic E-state index is 0.274. The van der Waals surface area contributed by atoms with Crippen LogP contribution in [0.4, 0.5) is 0 Å². The van der Waals surface area contributed by atoms with Crippen molar-refractivity contribution in [3.8, 4) is 17.6 Å². The number of aryl methyl sites for hydroxylation is 1. The van der Waals surface area contributed by atoms with Crippen molar-refractivity contribution in [2.75, 3.05) is 7.11 Å². The summed E-state index contributed by atoms with van der Waals surface area (Å²) in [5.74, 6) is 0.851. The highest BCUT2D eigenvalue weighted by molar-refractivity contribution is 5.91. The molecule has 0 saturated heterocycles. The highest BCUT2D eigenvalue weighted by Gasteiger charge is 2.08. The lowest BCUT2D eigenvalue weighted by Crippen LogP contribution is -2.08. The molecule has 0 unspecified atom stereocenters. The Balaban J connectivity index is 1.65. The number of nitrogens with zero attached hydrogens (tertiary/aromatic N) is 1. The average Bonchev–Trinajstić information content (AvgIpc) is 2.78. The molecular formula is C25H21NO3. The van der Waals surface area contributed by atoms with E-state index >= 15 is 0 Å². The Morgan fingerprint density at radius 1 is 0.966 bits per heavy atom. The lowest BCUT2D eigenvalue weighted by Gasteiger charge is -2.07. The van der Waals surface area contributed by atoms with Gasteiger partial charge in [0.15, 0.2) is 0 Å². The molecule has 144 valence electrons. The Morgan fingerprint density at radius 3 is 2.34 bits per heavy atom. The van der Waals surface area contributed by atoms with Crippen LogP contribution >= 0.6 is 0 Å². The van der Waals surface area contributed by atoms with Crippen LogP contribution in [-0.2, 0) is 11.2 Å². The molecule has 4 heteroatoms. The maximum absolute atomic E-state index is 12.1. The Hall–Kier alpha value is -3.84. The Labute approximate surface area is 170 Å². The fourth-order valence-electron chi connectivity index (χ4n) is 2.91. The molecule has 0 aliphatic heterocycles. The fraction of sp³-hybridized carbons (Fsp3) is 0.120. The van der Waals surface area contributed by atoms with Crippen molar-refractivity contribution in [1.29, 1.82) is 5.26 Å². The van der Waals surface area contributed by atoms with Crippen LogP contribution < -0.4 is 9.47 Å². The van der Waals surface area contributed by atoms with Crippen LogP contribution in [-0.4, -0.2) is 13.1 Å². The molecule has 0 amide bonds. The molecule has 0 saturated carbocycles. The van der Waals surface area contributed by atoms with Gasteiger partial charge in [-0.25, -0.2) is 0 Å². The highest BCUT2D eigenvalue weighted by Crippen LogP contribution is 2.27. The number of hydrogen-bond acceptors (Lipinski definition) is 4. The summed E-state index contributed by atoms with van der Waals surface area (Å²) < 4.78 is 10.7. The Morgan fingerprint density at radius 2 is 1.66 bits per heavy atom. The van der Waals surface area contributed by atoms with E-state index in [0.29, 0.717) is 29.9 Å². The van der Waals surface area contributed by atoms with E-state index in [1.807, 2.05) is 66.7 Å². The third-order valence-electron chi connectivity index (χ3n) is 4.40. The van der Waals surface area contributed by atoms with E-state index in [2.05, 4.69) is 6.07 Å². The molecule has 0 fully saturated rings. The van der Waals surface area contributed by atoms with Crippen LogP contribution in [0, 0.1) is 11.3 Å². The standard InChI is InChI=1S/C25H21NO3/c1-28-24-10-6-5-9-23(24)21(18-26)17-20-11-14-22(15-12-20)29-25(27)16-13-19-7-3-2-4-8-19/h2-12,14-15,17H,13,16H2,1H3/b21-17-. The van der Waals surface area contributed by atoms with Crippen molar-refractivity contribution < 1.29 is 14.3 Å². The van der Waals surface area contributed by atoms with Gasteiger partial charge in [-0.2, -0.15) is 5.26 Å². The zero-order valence-electron chi connectivity index (χ0n) is 16.2. The molecule has 0 heterocycles. The molecule has 0 atom stereocenters. The number of para-hydroxylation sites is 1. The lowest BCUT2D eigenvalue weighted by molar-refractivity contribution is -0.134. The molecule has 0 bridgehead atoms. The lowest BCUT2D eigenvalue weighted by atomic mass is 10.0. The van der Waals surface area contributed by atoms with E-state index in [1.165, 1.54) is 0 Å². The van der Waals surface area contributed by atoms with Crippen LogP contribution in [0.2, 0.25) is 0 Å². The van der Waals surface area contributed by atoms with Gasteiger partial charge in [-0.05, 0) is 47.9 Å². The topological polar surface area (TPSA) is 59.3 Å². The predicted octanol–water partition coefficient (Wildman–Crippen LogP) is 5.30. The van der Waals surface area contributed by atoms with Crippen LogP contribution in [0.25, 0.3) is 11.6 Å². The number of carbonyl (C=O) groups is 1. The van der Waals surface area contributed by atoms with Crippen molar-refractivity contribution in [2.24, 2.45) is 0 Å². The van der Waals surface area contributed by atoms with Gasteiger partial charge in [-0.15, -0.1) is 0 Å². The summed E-state index contributed by atoms with van der Waals surface area (Å²) in [5.41, 5.74) is 3.16. The number of carbonyl (C=O) groups excluding carboxylic acids is 1. The first-order chi connectivity index (χ1) is 14.2. The van der Waals surface area contributed by atoms with E-state index in [4.69, 9.17) is 9.47 Å². The predicted molar refractivity (Wildman–Crippen MR) is 113 cm³/mol. The monoisotopic (exact) mass is 383 g/mol. The van der Waals surface area contributed by atoms with E-state index in [9.17, 15) is 10.1 Å². The summed E-state index contributed by atoms with van der Waals surface area (Å²) >= 11 is 0. The molecule has 3 rings (SSSR count). The van der Waals surface area contributed by atoms with Gasteiger partial charge in [-0.3, -0.25) is 4.79 Å². The zero-order valence-corrected chi connectivity index (χ0v) is 16.2. The van der Waals surface area contributed by atoms with E-state index in [1.54, 1.807) is 25.3 Å². The molecule has 0 spiro atoms. The average molecular weight is 383 g/mol. The Kier molecular flexibility index (Phi) is 6.80. The van der Waals surface area contributed by atoms with Crippen molar-refractivity contribution in [1.82, 2.24) is 0 Å². The number of hydrogen-bond donors (Lipinski definition) is 0. The summed E-state index contributed by atoms with van der Waals surface area (Å²) in [6, 6.07) is 26.5. The van der Waals surface area contributed by atoms with E-state index in [0.717, 1.165) is 16.7 Å². The van der Waals surface area contributed by atoms with Crippen LogP contribution in [0.1, 0.15) is 23.1 Å². The van der Waals surface area contributed by atoms with Gasteiger partial charge < -0.3 is 9.47 Å². The summed E-state index contributed by atoms with van der Waals surface area (Å²) in [4.78, 5) is 12.1. The molecule has 0 radical (unpaired) electrons. The van der Waals surface area contributed by atoms with Crippen molar-refractivity contribution in [2.45, 2.75) is 12.8 Å². The van der Waals surface area contributed by atoms with Crippen molar-refractivity contribution >= 4 is 17.6 Å². The minimum atomic E-state index is -0.274. The van der Waals surface area contributed by atoms with Gasteiger partial charge in [0.1, 0.15) is 11.5 Å². The van der Waals surface area contributed by atoms with Crippen molar-refractivity contribution in [3.63, 3.8) is 0 Å². The number of ether oxygens (including phenoxy) is 2. The molecule has 0 aromatic heterocycles. The zero-order chi connectivity index (χ0) is 20.5. The second-order valence-corrected chi connectivity index (χ2v) is 6.40. The van der Waals surface area contributed by atoms with Gasteiger partial charge >= 0.3 is 5.97 Å². The van der Waals surface area contributed by atoms with Gasteiger partial charge in [0.25, 0.3) is 0 Å². The molecule has 29 heavy (non-hydrogen) atoms. The van der Waals surface area contributed by atoms with Crippen LogP contribution in [0.3, 0.4) is 0 Å². The van der Waals surface area contributed by atoms with Gasteiger partial charge in [0.2, 0.25) is 0 Å². The SMILES string of the molecule is COc1ccccc1/C(C#N)=C\c1ccc(OC(=O)CCc2ccccc2)cc1. The smallest absolute Gasteiger partial charge is 0.311 e. The first-order valence-electron chi connectivity index (χ1n) is 9.29. The minimum Gasteiger partial charge on any atom is -0.496 e. The summed E-state index contributed by atoms with van der Waals surface area (Å²) in [6.07, 6.45) is 2.74. The maximum atomic E-state index is 12.1. The molecular weight excluding hydrogens is 362 g/mol. The number of methoxy groups -OCH3 is 1. The molecule has 4 nitrogen and oxygen atoms in total. The van der Waals surface area contributed by atoms with Gasteiger partial charge in [0.05, 0.1) is 18.8 Å². The quantitative estimate of drug-likeness (QED) is 0.240. The molecule has 3 aromatic rings. The Bertz CT molecular complexity index is 1030. The maximum Gasteiger partial charge on any atom is 0.311 e.